The first kappa shape index (κ1) is 22.3. The molecule has 2 N–H and O–H groups in total. The van der Waals surface area contributed by atoms with E-state index in [2.05, 4.69) is 44.3 Å². The van der Waals surface area contributed by atoms with E-state index in [4.69, 9.17) is 4.42 Å². The van der Waals surface area contributed by atoms with Gasteiger partial charge in [-0.05, 0) is 45.0 Å². The van der Waals surface area contributed by atoms with Gasteiger partial charge in [0.15, 0.2) is 5.96 Å². The number of oxazole rings is 1. The molecule has 1 aliphatic heterocycles. The number of nitrogens with zero attached hydrogens (tertiary/aromatic N) is 4. The lowest BCUT2D eigenvalue weighted by Crippen LogP contribution is -2.46. The summed E-state index contributed by atoms with van der Waals surface area (Å²) in [7, 11) is 0. The van der Waals surface area contributed by atoms with Crippen molar-refractivity contribution in [2.24, 2.45) is 4.99 Å². The van der Waals surface area contributed by atoms with Crippen LogP contribution in [-0.2, 0) is 6.54 Å². The molecule has 2 aromatic rings. The molecule has 3 rings (SSSR count). The molecule has 0 saturated carbocycles. The molecule has 0 atom stereocenters. The summed E-state index contributed by atoms with van der Waals surface area (Å²) in [5.74, 6) is 1.47. The number of unbranched alkanes of at least 4 members (excludes halogenated alkanes) is 1. The molecular formula is C23H36N6O. The molecule has 7 heteroatoms. The highest BCUT2D eigenvalue weighted by atomic mass is 16.3. The summed E-state index contributed by atoms with van der Waals surface area (Å²) in [6.45, 7) is 13.8. The highest BCUT2D eigenvalue weighted by Gasteiger charge is 2.14. The summed E-state index contributed by atoms with van der Waals surface area (Å²) < 4.78 is 5.60. The average molecular weight is 413 g/mol. The van der Waals surface area contributed by atoms with E-state index in [9.17, 15) is 0 Å². The van der Waals surface area contributed by atoms with Gasteiger partial charge in [-0.15, -0.1) is 0 Å². The number of aromatic nitrogens is 1. The minimum absolute atomic E-state index is 0.493. The molecule has 1 aromatic heterocycles. The van der Waals surface area contributed by atoms with Gasteiger partial charge in [0.2, 0.25) is 5.89 Å². The van der Waals surface area contributed by atoms with E-state index in [1.54, 1.807) is 6.26 Å². The number of nitrogens with one attached hydrogen (secondary N) is 2. The van der Waals surface area contributed by atoms with Crippen molar-refractivity contribution in [3.05, 3.63) is 42.3 Å². The van der Waals surface area contributed by atoms with Crippen LogP contribution in [0.25, 0.3) is 11.5 Å². The number of piperazine rings is 1. The van der Waals surface area contributed by atoms with Gasteiger partial charge >= 0.3 is 0 Å². The molecular weight excluding hydrogens is 376 g/mol. The van der Waals surface area contributed by atoms with Crippen molar-refractivity contribution in [1.29, 1.82) is 0 Å². The van der Waals surface area contributed by atoms with Crippen LogP contribution < -0.4 is 10.6 Å². The molecule has 0 bridgehead atoms. The Labute approximate surface area is 180 Å². The maximum atomic E-state index is 5.60. The predicted molar refractivity (Wildman–Crippen MR) is 123 cm³/mol. The summed E-state index contributed by atoms with van der Waals surface area (Å²) in [5.41, 5.74) is 1.81. The molecule has 2 heterocycles. The molecule has 7 nitrogen and oxygen atoms in total. The topological polar surface area (TPSA) is 68.9 Å². The minimum Gasteiger partial charge on any atom is -0.444 e. The van der Waals surface area contributed by atoms with Crippen molar-refractivity contribution in [2.45, 2.75) is 33.2 Å². The number of aliphatic imine (C=N–C) groups is 1. The van der Waals surface area contributed by atoms with Gasteiger partial charge in [0.1, 0.15) is 12.0 Å². The molecule has 0 spiro atoms. The fourth-order valence-electron chi connectivity index (χ4n) is 3.59. The van der Waals surface area contributed by atoms with Crippen LogP contribution >= 0.6 is 0 Å². The fraction of sp³-hybridized carbons (Fsp3) is 0.565. The first-order chi connectivity index (χ1) is 14.8. The van der Waals surface area contributed by atoms with Gasteiger partial charge in [-0.2, -0.15) is 0 Å². The van der Waals surface area contributed by atoms with Gasteiger partial charge in [0.25, 0.3) is 0 Å². The third kappa shape index (κ3) is 7.15. The van der Waals surface area contributed by atoms with Crippen molar-refractivity contribution in [3.8, 4) is 11.5 Å². The predicted octanol–water partition coefficient (Wildman–Crippen LogP) is 2.81. The molecule has 1 fully saturated rings. The van der Waals surface area contributed by atoms with Gasteiger partial charge in [0.05, 0.1) is 6.54 Å². The number of hydrogen-bond acceptors (Lipinski definition) is 5. The molecule has 1 aromatic carbocycles. The standard InChI is InChI=1S/C23H36N6O/c1-3-24-23(25-12-8-9-13-29-16-14-28(4-2)15-17-29)26-18-21-19-30-22(27-21)20-10-6-5-7-11-20/h5-7,10-11,19H,3-4,8-9,12-18H2,1-2H3,(H2,24,25,26). The third-order valence-corrected chi connectivity index (χ3v) is 5.42. The lowest BCUT2D eigenvalue weighted by molar-refractivity contribution is 0.136. The van der Waals surface area contributed by atoms with E-state index >= 15 is 0 Å². The maximum absolute atomic E-state index is 5.60. The van der Waals surface area contributed by atoms with Crippen LogP contribution in [0.5, 0.6) is 0 Å². The van der Waals surface area contributed by atoms with E-state index in [0.717, 1.165) is 36.7 Å². The van der Waals surface area contributed by atoms with Crippen LogP contribution in [0.3, 0.4) is 0 Å². The zero-order chi connectivity index (χ0) is 21.0. The quantitative estimate of drug-likeness (QED) is 0.355. The first-order valence-corrected chi connectivity index (χ1v) is 11.2. The first-order valence-electron chi connectivity index (χ1n) is 11.2. The van der Waals surface area contributed by atoms with Crippen LogP contribution in [0, 0.1) is 0 Å². The van der Waals surface area contributed by atoms with E-state index in [0.29, 0.717) is 12.4 Å². The number of guanidine groups is 1. The van der Waals surface area contributed by atoms with E-state index in [1.165, 1.54) is 45.7 Å². The maximum Gasteiger partial charge on any atom is 0.226 e. The normalized spacial score (nSPS) is 16.0. The Morgan fingerprint density at radius 3 is 2.53 bits per heavy atom. The largest absolute Gasteiger partial charge is 0.444 e. The van der Waals surface area contributed by atoms with Crippen LogP contribution in [0.1, 0.15) is 32.4 Å². The summed E-state index contributed by atoms with van der Waals surface area (Å²) in [4.78, 5) is 14.3. The van der Waals surface area contributed by atoms with Crippen LogP contribution in [0.4, 0.5) is 0 Å². The molecule has 0 radical (unpaired) electrons. The molecule has 0 aliphatic carbocycles. The average Bonchev–Trinajstić information content (AvgIpc) is 3.27. The van der Waals surface area contributed by atoms with Crippen LogP contribution in [0.2, 0.25) is 0 Å². The zero-order valence-corrected chi connectivity index (χ0v) is 18.4. The Kier molecular flexibility index (Phi) is 9.18. The minimum atomic E-state index is 0.493. The summed E-state index contributed by atoms with van der Waals surface area (Å²) >= 11 is 0. The monoisotopic (exact) mass is 412 g/mol. The van der Waals surface area contributed by atoms with E-state index < -0.39 is 0 Å². The highest BCUT2D eigenvalue weighted by molar-refractivity contribution is 5.79. The summed E-state index contributed by atoms with van der Waals surface area (Å²) in [6.07, 6.45) is 4.04. The van der Waals surface area contributed by atoms with Crippen molar-refractivity contribution in [3.63, 3.8) is 0 Å². The van der Waals surface area contributed by atoms with Gasteiger partial charge < -0.3 is 24.9 Å². The smallest absolute Gasteiger partial charge is 0.226 e. The second-order valence-electron chi connectivity index (χ2n) is 7.61. The molecule has 0 amide bonds. The summed E-state index contributed by atoms with van der Waals surface area (Å²) in [5, 5.41) is 6.74. The van der Waals surface area contributed by atoms with Gasteiger partial charge in [-0.25, -0.2) is 9.98 Å². The highest BCUT2D eigenvalue weighted by Crippen LogP contribution is 2.18. The lowest BCUT2D eigenvalue weighted by atomic mass is 10.2. The SMILES string of the molecule is CCNC(=NCc1coc(-c2ccccc2)n1)NCCCCN1CCN(CC)CC1. The third-order valence-electron chi connectivity index (χ3n) is 5.42. The fourth-order valence-corrected chi connectivity index (χ4v) is 3.59. The molecule has 1 saturated heterocycles. The van der Waals surface area contributed by atoms with E-state index in [-0.39, 0.29) is 0 Å². The Hall–Kier alpha value is -2.38. The Morgan fingerprint density at radius 1 is 1.03 bits per heavy atom. The molecule has 1 aliphatic rings. The lowest BCUT2D eigenvalue weighted by Gasteiger charge is -2.34. The number of rotatable bonds is 10. The molecule has 0 unspecified atom stereocenters. The zero-order valence-electron chi connectivity index (χ0n) is 18.4. The number of hydrogen-bond donors (Lipinski definition) is 2. The number of benzene rings is 1. The van der Waals surface area contributed by atoms with Gasteiger partial charge in [-0.1, -0.05) is 25.1 Å². The van der Waals surface area contributed by atoms with Crippen molar-refractivity contribution in [1.82, 2.24) is 25.4 Å². The number of likely N-dealkylation sites (N-methyl/N-ethyl adjacent to an activating group) is 1. The molecule has 164 valence electrons. The summed E-state index contributed by atoms with van der Waals surface area (Å²) in [6, 6.07) is 9.94. The van der Waals surface area contributed by atoms with Crippen molar-refractivity contribution >= 4 is 5.96 Å². The van der Waals surface area contributed by atoms with Crippen molar-refractivity contribution < 1.29 is 4.42 Å². The van der Waals surface area contributed by atoms with Crippen LogP contribution in [0.15, 0.2) is 46.0 Å². The second-order valence-corrected chi connectivity index (χ2v) is 7.61. The molecule has 30 heavy (non-hydrogen) atoms. The van der Waals surface area contributed by atoms with Gasteiger partial charge in [0, 0.05) is 44.8 Å². The Bertz CT molecular complexity index is 752. The second kappa shape index (κ2) is 12.3. The van der Waals surface area contributed by atoms with Crippen molar-refractivity contribution in [2.75, 3.05) is 52.4 Å². The Balaban J connectivity index is 1.38. The van der Waals surface area contributed by atoms with Crippen LogP contribution in [-0.4, -0.2) is 73.1 Å². The van der Waals surface area contributed by atoms with E-state index in [1.807, 2.05) is 30.3 Å². The van der Waals surface area contributed by atoms with Gasteiger partial charge in [-0.3, -0.25) is 0 Å². The Morgan fingerprint density at radius 2 is 1.80 bits per heavy atom.